The molecular formula is C16H21NO3. The van der Waals surface area contributed by atoms with Crippen LogP contribution < -0.4 is 4.74 Å². The van der Waals surface area contributed by atoms with E-state index in [-0.39, 0.29) is 12.0 Å². The van der Waals surface area contributed by atoms with Gasteiger partial charge >= 0.3 is 0 Å². The number of nitrogens with zero attached hydrogens (tertiary/aromatic N) is 1. The number of benzene rings is 1. The summed E-state index contributed by atoms with van der Waals surface area (Å²) in [5.74, 6) is 1.08. The van der Waals surface area contributed by atoms with Crippen molar-refractivity contribution < 1.29 is 14.6 Å². The summed E-state index contributed by atoms with van der Waals surface area (Å²) < 4.78 is 5.63. The van der Waals surface area contributed by atoms with E-state index in [0.29, 0.717) is 36.9 Å². The van der Waals surface area contributed by atoms with Crippen molar-refractivity contribution in [3.05, 3.63) is 29.8 Å². The molecule has 0 bridgehead atoms. The number of amides is 1. The lowest BCUT2D eigenvalue weighted by atomic mass is 10.0. The van der Waals surface area contributed by atoms with Crippen LogP contribution in [0, 0.1) is 5.92 Å². The Hall–Kier alpha value is -1.55. The second kappa shape index (κ2) is 5.83. The molecule has 3 rings (SSSR count). The van der Waals surface area contributed by atoms with Crippen molar-refractivity contribution in [2.45, 2.75) is 31.8 Å². The molecule has 2 atom stereocenters. The molecule has 1 N–H and O–H groups in total. The molecule has 0 saturated heterocycles. The minimum absolute atomic E-state index is 0.0468. The van der Waals surface area contributed by atoms with Crippen molar-refractivity contribution in [3.8, 4) is 5.75 Å². The summed E-state index contributed by atoms with van der Waals surface area (Å²) in [5, 5.41) is 9.87. The quantitative estimate of drug-likeness (QED) is 0.918. The van der Waals surface area contributed by atoms with Crippen molar-refractivity contribution in [1.82, 2.24) is 4.90 Å². The van der Waals surface area contributed by atoms with E-state index in [4.69, 9.17) is 4.74 Å². The highest BCUT2D eigenvalue weighted by Gasteiger charge is 2.28. The molecule has 1 amide bonds. The molecule has 0 aromatic heterocycles. The van der Waals surface area contributed by atoms with Crippen LogP contribution in [0.3, 0.4) is 0 Å². The summed E-state index contributed by atoms with van der Waals surface area (Å²) in [6.07, 6.45) is 3.79. The number of carbonyl (C=O) groups is 1. The zero-order valence-electron chi connectivity index (χ0n) is 11.6. The van der Waals surface area contributed by atoms with Gasteiger partial charge in [-0.15, -0.1) is 0 Å². The van der Waals surface area contributed by atoms with Gasteiger partial charge in [0.15, 0.2) is 0 Å². The largest absolute Gasteiger partial charge is 0.491 e. The van der Waals surface area contributed by atoms with Crippen molar-refractivity contribution in [1.29, 1.82) is 0 Å². The van der Waals surface area contributed by atoms with Gasteiger partial charge in [-0.05, 0) is 37.3 Å². The SMILES string of the molecule is O=C1c2ccccc2OCCN1CCC1CCCC1O. The molecule has 4 heteroatoms. The topological polar surface area (TPSA) is 49.8 Å². The van der Waals surface area contributed by atoms with Crippen molar-refractivity contribution >= 4 is 5.91 Å². The summed E-state index contributed by atoms with van der Waals surface area (Å²) >= 11 is 0. The molecule has 2 aliphatic rings. The molecule has 1 saturated carbocycles. The minimum Gasteiger partial charge on any atom is -0.491 e. The number of ether oxygens (including phenoxy) is 1. The van der Waals surface area contributed by atoms with E-state index in [9.17, 15) is 9.90 Å². The third kappa shape index (κ3) is 2.66. The van der Waals surface area contributed by atoms with Gasteiger partial charge < -0.3 is 14.7 Å². The Kier molecular flexibility index (Phi) is 3.92. The van der Waals surface area contributed by atoms with Crippen LogP contribution in [0.4, 0.5) is 0 Å². The van der Waals surface area contributed by atoms with E-state index in [1.165, 1.54) is 0 Å². The molecular weight excluding hydrogens is 254 g/mol. The van der Waals surface area contributed by atoms with Gasteiger partial charge in [0.05, 0.1) is 18.2 Å². The average molecular weight is 275 g/mol. The van der Waals surface area contributed by atoms with E-state index in [2.05, 4.69) is 0 Å². The lowest BCUT2D eigenvalue weighted by Gasteiger charge is -2.23. The molecule has 1 aliphatic heterocycles. The molecule has 1 fully saturated rings. The lowest BCUT2D eigenvalue weighted by Crippen LogP contribution is -2.34. The standard InChI is InChI=1S/C16H21NO3/c18-14-6-3-4-12(14)8-9-17-10-11-20-15-7-2-1-5-13(15)16(17)19/h1-2,5,7,12,14,18H,3-4,6,8-11H2. The zero-order chi connectivity index (χ0) is 13.9. The van der Waals surface area contributed by atoms with Gasteiger partial charge in [0.25, 0.3) is 5.91 Å². The van der Waals surface area contributed by atoms with Gasteiger partial charge in [0.1, 0.15) is 12.4 Å². The first-order chi connectivity index (χ1) is 9.75. The monoisotopic (exact) mass is 275 g/mol. The van der Waals surface area contributed by atoms with Crippen LogP contribution in [-0.2, 0) is 0 Å². The maximum Gasteiger partial charge on any atom is 0.257 e. The van der Waals surface area contributed by atoms with Crippen molar-refractivity contribution in [3.63, 3.8) is 0 Å². The Bertz CT molecular complexity index is 488. The molecule has 4 nitrogen and oxygen atoms in total. The number of hydrogen-bond donors (Lipinski definition) is 1. The molecule has 20 heavy (non-hydrogen) atoms. The van der Waals surface area contributed by atoms with Crippen LogP contribution in [0.1, 0.15) is 36.0 Å². The predicted molar refractivity (Wildman–Crippen MR) is 75.8 cm³/mol. The van der Waals surface area contributed by atoms with Gasteiger partial charge in [-0.2, -0.15) is 0 Å². The fraction of sp³-hybridized carbons (Fsp3) is 0.562. The van der Waals surface area contributed by atoms with Crippen LogP contribution in [0.25, 0.3) is 0 Å². The van der Waals surface area contributed by atoms with E-state index in [1.54, 1.807) is 0 Å². The van der Waals surface area contributed by atoms with Crippen LogP contribution in [0.5, 0.6) is 5.75 Å². The smallest absolute Gasteiger partial charge is 0.257 e. The van der Waals surface area contributed by atoms with Crippen LogP contribution in [-0.4, -0.2) is 41.7 Å². The van der Waals surface area contributed by atoms with Crippen LogP contribution >= 0.6 is 0 Å². The summed E-state index contributed by atoms with van der Waals surface area (Å²) in [7, 11) is 0. The second-order valence-corrected chi connectivity index (χ2v) is 5.68. The third-order valence-electron chi connectivity index (χ3n) is 4.41. The summed E-state index contributed by atoms with van der Waals surface area (Å²) in [5.41, 5.74) is 0.650. The fourth-order valence-corrected chi connectivity index (χ4v) is 3.20. The summed E-state index contributed by atoms with van der Waals surface area (Å²) in [4.78, 5) is 14.4. The summed E-state index contributed by atoms with van der Waals surface area (Å²) in [6.45, 7) is 1.87. The molecule has 0 radical (unpaired) electrons. The maximum absolute atomic E-state index is 12.5. The Balaban J connectivity index is 1.66. The molecule has 108 valence electrons. The van der Waals surface area contributed by atoms with Crippen LogP contribution in [0.2, 0.25) is 0 Å². The highest BCUT2D eigenvalue weighted by Crippen LogP contribution is 2.29. The molecule has 0 spiro atoms. The van der Waals surface area contributed by atoms with Gasteiger partial charge in [-0.1, -0.05) is 18.6 Å². The van der Waals surface area contributed by atoms with Gasteiger partial charge in [-0.25, -0.2) is 0 Å². The Labute approximate surface area is 119 Å². The van der Waals surface area contributed by atoms with E-state index in [1.807, 2.05) is 29.2 Å². The fourth-order valence-electron chi connectivity index (χ4n) is 3.20. The first-order valence-electron chi connectivity index (χ1n) is 7.45. The average Bonchev–Trinajstić information content (AvgIpc) is 2.80. The first-order valence-corrected chi connectivity index (χ1v) is 7.45. The Morgan fingerprint density at radius 1 is 1.30 bits per heavy atom. The first kappa shape index (κ1) is 13.4. The van der Waals surface area contributed by atoms with Crippen molar-refractivity contribution in [2.24, 2.45) is 5.92 Å². The maximum atomic E-state index is 12.5. The van der Waals surface area contributed by atoms with Gasteiger partial charge in [0.2, 0.25) is 0 Å². The van der Waals surface area contributed by atoms with Gasteiger partial charge in [-0.3, -0.25) is 4.79 Å². The Morgan fingerprint density at radius 3 is 2.95 bits per heavy atom. The van der Waals surface area contributed by atoms with Gasteiger partial charge in [0, 0.05) is 6.54 Å². The molecule has 2 unspecified atom stereocenters. The number of aliphatic hydroxyl groups excluding tert-OH is 1. The number of rotatable bonds is 3. The van der Waals surface area contributed by atoms with Crippen LogP contribution in [0.15, 0.2) is 24.3 Å². The lowest BCUT2D eigenvalue weighted by molar-refractivity contribution is 0.0713. The predicted octanol–water partition coefficient (Wildman–Crippen LogP) is 2.07. The highest BCUT2D eigenvalue weighted by molar-refractivity contribution is 5.97. The highest BCUT2D eigenvalue weighted by atomic mass is 16.5. The number of carbonyl (C=O) groups excluding carboxylic acids is 1. The second-order valence-electron chi connectivity index (χ2n) is 5.68. The zero-order valence-corrected chi connectivity index (χ0v) is 11.6. The normalized spacial score (nSPS) is 26.1. The minimum atomic E-state index is -0.180. The molecule has 1 heterocycles. The molecule has 1 aromatic rings. The number of fused-ring (bicyclic) bond motifs is 1. The molecule has 1 aliphatic carbocycles. The van der Waals surface area contributed by atoms with E-state index in [0.717, 1.165) is 25.7 Å². The number of hydrogen-bond acceptors (Lipinski definition) is 3. The third-order valence-corrected chi connectivity index (χ3v) is 4.41. The Morgan fingerprint density at radius 2 is 2.15 bits per heavy atom. The number of aliphatic hydroxyl groups is 1. The molecule has 1 aromatic carbocycles. The van der Waals surface area contributed by atoms with E-state index < -0.39 is 0 Å². The summed E-state index contributed by atoms with van der Waals surface area (Å²) in [6, 6.07) is 7.42. The van der Waals surface area contributed by atoms with Crippen molar-refractivity contribution in [2.75, 3.05) is 19.7 Å². The van der Waals surface area contributed by atoms with E-state index >= 15 is 0 Å². The number of para-hydroxylation sites is 1.